The van der Waals surface area contributed by atoms with Gasteiger partial charge in [0.15, 0.2) is 0 Å². The number of hydrogen-bond donors (Lipinski definition) is 0. The molecule has 1 rings (SSSR count). The summed E-state index contributed by atoms with van der Waals surface area (Å²) in [5.41, 5.74) is 0.533. The van der Waals surface area contributed by atoms with Crippen LogP contribution in [0.1, 0.15) is 66.2 Å². The van der Waals surface area contributed by atoms with Crippen LogP contribution in [0.15, 0.2) is 0 Å². The molecular weight excluding hydrogens is 156 g/mol. The lowest BCUT2D eigenvalue weighted by atomic mass is 9.70. The molecule has 0 aromatic rings. The third-order valence-corrected chi connectivity index (χ3v) is 3.68. The molecule has 1 aliphatic carbocycles. The minimum absolute atomic E-state index is 0.533. The van der Waals surface area contributed by atoms with Crippen LogP contribution in [0.5, 0.6) is 0 Å². The Kier molecular flexibility index (Phi) is 3.82. The zero-order valence-corrected chi connectivity index (χ0v) is 9.90. The van der Waals surface area contributed by atoms with Gasteiger partial charge in [-0.1, -0.05) is 59.8 Å². The first-order chi connectivity index (χ1) is 6.05. The standard InChI is InChI=1S/C13H26/c1-5-8-12(13(2,3)4)11-9-6-7-10-11/h11-12H,5-10H2,1-4H3. The van der Waals surface area contributed by atoms with Gasteiger partial charge < -0.3 is 0 Å². The highest BCUT2D eigenvalue weighted by Crippen LogP contribution is 2.43. The van der Waals surface area contributed by atoms with Gasteiger partial charge in [-0.2, -0.15) is 0 Å². The molecule has 1 atom stereocenters. The maximum Gasteiger partial charge on any atom is -0.0337 e. The molecule has 0 spiro atoms. The first-order valence-electron chi connectivity index (χ1n) is 6.05. The van der Waals surface area contributed by atoms with Crippen molar-refractivity contribution in [1.29, 1.82) is 0 Å². The molecule has 0 bridgehead atoms. The minimum atomic E-state index is 0.533. The summed E-state index contributed by atoms with van der Waals surface area (Å²) < 4.78 is 0. The molecule has 0 aliphatic heterocycles. The summed E-state index contributed by atoms with van der Waals surface area (Å²) in [6.07, 6.45) is 8.78. The van der Waals surface area contributed by atoms with E-state index in [1.165, 1.54) is 38.5 Å². The van der Waals surface area contributed by atoms with Crippen LogP contribution in [0, 0.1) is 17.3 Å². The average molecular weight is 182 g/mol. The Morgan fingerprint density at radius 2 is 1.69 bits per heavy atom. The molecule has 0 aromatic heterocycles. The first-order valence-corrected chi connectivity index (χ1v) is 6.05. The summed E-state index contributed by atoms with van der Waals surface area (Å²) in [6.45, 7) is 9.59. The normalized spacial score (nSPS) is 22.2. The van der Waals surface area contributed by atoms with E-state index in [1.54, 1.807) is 0 Å². The van der Waals surface area contributed by atoms with Crippen molar-refractivity contribution in [3.63, 3.8) is 0 Å². The summed E-state index contributed by atoms with van der Waals surface area (Å²) in [4.78, 5) is 0. The fraction of sp³-hybridized carbons (Fsp3) is 1.00. The van der Waals surface area contributed by atoms with E-state index in [4.69, 9.17) is 0 Å². The summed E-state index contributed by atoms with van der Waals surface area (Å²) in [7, 11) is 0. The van der Waals surface area contributed by atoms with E-state index in [-0.39, 0.29) is 0 Å². The molecule has 0 nitrogen and oxygen atoms in total. The van der Waals surface area contributed by atoms with Gasteiger partial charge in [-0.25, -0.2) is 0 Å². The topological polar surface area (TPSA) is 0 Å². The summed E-state index contributed by atoms with van der Waals surface area (Å²) in [6, 6.07) is 0. The summed E-state index contributed by atoms with van der Waals surface area (Å²) in [5.74, 6) is 2.01. The Morgan fingerprint density at radius 1 is 1.15 bits per heavy atom. The van der Waals surface area contributed by atoms with E-state index in [2.05, 4.69) is 27.7 Å². The third kappa shape index (κ3) is 3.00. The molecule has 78 valence electrons. The van der Waals surface area contributed by atoms with Gasteiger partial charge in [0.25, 0.3) is 0 Å². The van der Waals surface area contributed by atoms with E-state index >= 15 is 0 Å². The van der Waals surface area contributed by atoms with Gasteiger partial charge in [-0.3, -0.25) is 0 Å². The zero-order chi connectivity index (χ0) is 9.90. The molecule has 1 aliphatic rings. The Morgan fingerprint density at radius 3 is 2.08 bits per heavy atom. The molecule has 1 unspecified atom stereocenters. The second-order valence-electron chi connectivity index (χ2n) is 5.81. The van der Waals surface area contributed by atoms with Crippen LogP contribution in [0.4, 0.5) is 0 Å². The van der Waals surface area contributed by atoms with Gasteiger partial charge in [-0.15, -0.1) is 0 Å². The lowest BCUT2D eigenvalue weighted by Crippen LogP contribution is -2.26. The number of hydrogen-bond acceptors (Lipinski definition) is 0. The van der Waals surface area contributed by atoms with Gasteiger partial charge in [0, 0.05) is 0 Å². The molecule has 0 saturated heterocycles. The van der Waals surface area contributed by atoms with Crippen LogP contribution in [-0.2, 0) is 0 Å². The van der Waals surface area contributed by atoms with Crippen molar-refractivity contribution in [3.05, 3.63) is 0 Å². The predicted octanol–water partition coefficient (Wildman–Crippen LogP) is 4.64. The van der Waals surface area contributed by atoms with Gasteiger partial charge >= 0.3 is 0 Å². The second kappa shape index (κ2) is 4.48. The van der Waals surface area contributed by atoms with Crippen LogP contribution in [0.2, 0.25) is 0 Å². The molecule has 13 heavy (non-hydrogen) atoms. The van der Waals surface area contributed by atoms with Crippen molar-refractivity contribution in [1.82, 2.24) is 0 Å². The van der Waals surface area contributed by atoms with Crippen LogP contribution >= 0.6 is 0 Å². The van der Waals surface area contributed by atoms with E-state index < -0.39 is 0 Å². The quantitative estimate of drug-likeness (QED) is 0.596. The molecule has 1 fully saturated rings. The van der Waals surface area contributed by atoms with E-state index in [1.807, 2.05) is 0 Å². The van der Waals surface area contributed by atoms with Crippen molar-refractivity contribution in [3.8, 4) is 0 Å². The molecule has 0 aromatic carbocycles. The van der Waals surface area contributed by atoms with Crippen molar-refractivity contribution in [2.24, 2.45) is 17.3 Å². The monoisotopic (exact) mass is 182 g/mol. The Bertz CT molecular complexity index is 135. The van der Waals surface area contributed by atoms with Crippen molar-refractivity contribution in [2.75, 3.05) is 0 Å². The Labute approximate surface area is 84.1 Å². The van der Waals surface area contributed by atoms with Gasteiger partial charge in [0.2, 0.25) is 0 Å². The van der Waals surface area contributed by atoms with Crippen LogP contribution in [0.3, 0.4) is 0 Å². The highest BCUT2D eigenvalue weighted by molar-refractivity contribution is 4.83. The van der Waals surface area contributed by atoms with Crippen molar-refractivity contribution < 1.29 is 0 Å². The van der Waals surface area contributed by atoms with E-state index in [9.17, 15) is 0 Å². The third-order valence-electron chi connectivity index (χ3n) is 3.68. The first kappa shape index (κ1) is 11.1. The van der Waals surface area contributed by atoms with E-state index in [0.29, 0.717) is 5.41 Å². The number of rotatable bonds is 3. The fourth-order valence-electron chi connectivity index (χ4n) is 3.05. The molecule has 0 amide bonds. The molecule has 0 heterocycles. The van der Waals surface area contributed by atoms with E-state index in [0.717, 1.165) is 11.8 Å². The Hall–Kier alpha value is 0. The maximum absolute atomic E-state index is 2.42. The molecule has 0 N–H and O–H groups in total. The zero-order valence-electron chi connectivity index (χ0n) is 9.90. The second-order valence-corrected chi connectivity index (χ2v) is 5.81. The molecule has 0 heteroatoms. The molecule has 1 saturated carbocycles. The van der Waals surface area contributed by atoms with Crippen molar-refractivity contribution >= 4 is 0 Å². The van der Waals surface area contributed by atoms with Crippen molar-refractivity contribution in [2.45, 2.75) is 66.2 Å². The molecule has 0 radical (unpaired) electrons. The SMILES string of the molecule is CCCC(C1CCCC1)C(C)(C)C. The Balaban J connectivity index is 2.55. The highest BCUT2D eigenvalue weighted by atomic mass is 14.4. The fourth-order valence-corrected chi connectivity index (χ4v) is 3.05. The lowest BCUT2D eigenvalue weighted by molar-refractivity contribution is 0.147. The van der Waals surface area contributed by atoms with Gasteiger partial charge in [0.1, 0.15) is 0 Å². The maximum atomic E-state index is 2.42. The molecular formula is C13H26. The predicted molar refractivity (Wildman–Crippen MR) is 59.8 cm³/mol. The summed E-state index contributed by atoms with van der Waals surface area (Å²) >= 11 is 0. The smallest absolute Gasteiger partial charge is 0.0337 e. The van der Waals surface area contributed by atoms with Crippen LogP contribution in [-0.4, -0.2) is 0 Å². The van der Waals surface area contributed by atoms with Gasteiger partial charge in [0.05, 0.1) is 0 Å². The minimum Gasteiger partial charge on any atom is -0.0654 e. The highest BCUT2D eigenvalue weighted by Gasteiger charge is 2.32. The largest absolute Gasteiger partial charge is 0.0654 e. The van der Waals surface area contributed by atoms with Gasteiger partial charge in [-0.05, 0) is 23.7 Å². The average Bonchev–Trinajstić information content (AvgIpc) is 2.49. The lowest BCUT2D eigenvalue weighted by Gasteiger charge is -2.35. The van der Waals surface area contributed by atoms with Crippen LogP contribution < -0.4 is 0 Å². The van der Waals surface area contributed by atoms with Crippen LogP contribution in [0.25, 0.3) is 0 Å². The summed E-state index contributed by atoms with van der Waals surface area (Å²) in [5, 5.41) is 0.